The lowest BCUT2D eigenvalue weighted by Crippen LogP contribution is -2.28. The van der Waals surface area contributed by atoms with E-state index in [-0.39, 0.29) is 17.8 Å². The molecule has 1 aliphatic carbocycles. The van der Waals surface area contributed by atoms with Crippen molar-refractivity contribution in [2.24, 2.45) is 5.41 Å². The van der Waals surface area contributed by atoms with Crippen LogP contribution in [0.15, 0.2) is 28.2 Å². The van der Waals surface area contributed by atoms with Crippen LogP contribution in [0.2, 0.25) is 0 Å². The molecular formula is C15H13F2N7O2. The van der Waals surface area contributed by atoms with Crippen LogP contribution in [-0.2, 0) is 0 Å². The van der Waals surface area contributed by atoms with Crippen molar-refractivity contribution < 1.29 is 8.78 Å². The molecular weight excluding hydrogens is 348 g/mol. The van der Waals surface area contributed by atoms with Crippen LogP contribution in [0.5, 0.6) is 0 Å². The Morgan fingerprint density at radius 2 is 2.00 bits per heavy atom. The Kier molecular flexibility index (Phi) is 2.77. The van der Waals surface area contributed by atoms with E-state index in [2.05, 4.69) is 25.1 Å². The minimum Gasteiger partial charge on any atom is -0.362 e. The molecule has 0 aromatic carbocycles. The number of anilines is 1. The number of hydrogen-bond acceptors (Lipinski definition) is 6. The molecule has 5 rings (SSSR count). The maximum Gasteiger partial charge on any atom is 0.325 e. The van der Waals surface area contributed by atoms with Crippen molar-refractivity contribution in [2.75, 3.05) is 18.0 Å². The summed E-state index contributed by atoms with van der Waals surface area (Å²) >= 11 is 0. The average molecular weight is 361 g/mol. The Labute approximate surface area is 143 Å². The van der Waals surface area contributed by atoms with Gasteiger partial charge in [-0.1, -0.05) is 0 Å². The quantitative estimate of drug-likeness (QED) is 0.683. The first-order valence-corrected chi connectivity index (χ1v) is 8.05. The lowest BCUT2D eigenvalue weighted by atomic mass is 10.0. The first-order chi connectivity index (χ1) is 12.4. The molecule has 0 atom stereocenters. The van der Waals surface area contributed by atoms with Crippen LogP contribution in [0.4, 0.5) is 14.5 Å². The van der Waals surface area contributed by atoms with Gasteiger partial charge in [0, 0.05) is 12.7 Å². The van der Waals surface area contributed by atoms with Crippen LogP contribution in [0, 0.1) is 5.41 Å². The maximum atomic E-state index is 14.4. The molecule has 1 spiro atoms. The molecule has 3 aromatic heterocycles. The van der Waals surface area contributed by atoms with E-state index < -0.39 is 29.1 Å². The van der Waals surface area contributed by atoms with Gasteiger partial charge in [0.25, 0.3) is 11.5 Å². The van der Waals surface area contributed by atoms with Crippen molar-refractivity contribution in [1.29, 1.82) is 0 Å². The highest BCUT2D eigenvalue weighted by Gasteiger charge is 2.67. The van der Waals surface area contributed by atoms with Gasteiger partial charge in [-0.05, 0) is 18.9 Å². The topological polar surface area (TPSA) is 112 Å². The summed E-state index contributed by atoms with van der Waals surface area (Å²) in [6.45, 7) is -0.199. The van der Waals surface area contributed by atoms with Gasteiger partial charge in [0.1, 0.15) is 12.0 Å². The zero-order chi connectivity index (χ0) is 18.1. The lowest BCUT2D eigenvalue weighted by Gasteiger charge is -2.18. The smallest absolute Gasteiger partial charge is 0.325 e. The van der Waals surface area contributed by atoms with E-state index >= 15 is 0 Å². The summed E-state index contributed by atoms with van der Waals surface area (Å²) in [6.07, 6.45) is 3.50. The third kappa shape index (κ3) is 2.02. The molecule has 4 heterocycles. The molecule has 0 unspecified atom stereocenters. The van der Waals surface area contributed by atoms with Gasteiger partial charge in [-0.25, -0.2) is 18.6 Å². The zero-order valence-corrected chi connectivity index (χ0v) is 13.4. The predicted octanol–water partition coefficient (Wildman–Crippen LogP) is 0.403. The SMILES string of the molecule is O=c1[nH]cc(-c2cc(N3CC(F)(F)C4(CC4)C3)c3ncnn3n2)c(=O)[nH]1. The van der Waals surface area contributed by atoms with E-state index in [1.165, 1.54) is 23.2 Å². The number of alkyl halides is 2. The van der Waals surface area contributed by atoms with Gasteiger partial charge in [-0.2, -0.15) is 0 Å². The molecule has 2 aliphatic rings. The van der Waals surface area contributed by atoms with Gasteiger partial charge in [0.15, 0.2) is 5.65 Å². The molecule has 9 nitrogen and oxygen atoms in total. The Morgan fingerprint density at radius 1 is 1.19 bits per heavy atom. The molecule has 134 valence electrons. The number of hydrogen-bond donors (Lipinski definition) is 2. The number of fused-ring (bicyclic) bond motifs is 1. The Hall–Kier alpha value is -3.11. The van der Waals surface area contributed by atoms with E-state index in [0.717, 1.165) is 0 Å². The molecule has 26 heavy (non-hydrogen) atoms. The molecule has 0 bridgehead atoms. The van der Waals surface area contributed by atoms with Gasteiger partial charge in [-0.3, -0.25) is 9.78 Å². The molecule has 1 saturated heterocycles. The molecule has 1 aliphatic heterocycles. The number of nitrogens with one attached hydrogen (secondary N) is 2. The predicted molar refractivity (Wildman–Crippen MR) is 86.3 cm³/mol. The number of rotatable bonds is 2. The van der Waals surface area contributed by atoms with Crippen LogP contribution in [0.3, 0.4) is 0 Å². The second-order valence-corrected chi connectivity index (χ2v) is 6.81. The first kappa shape index (κ1) is 15.2. The van der Waals surface area contributed by atoms with Gasteiger partial charge < -0.3 is 9.88 Å². The average Bonchev–Trinajstić information content (AvgIpc) is 3.13. The fourth-order valence-corrected chi connectivity index (χ4v) is 3.56. The van der Waals surface area contributed by atoms with Crippen molar-refractivity contribution in [1.82, 2.24) is 29.8 Å². The Bertz CT molecular complexity index is 1140. The normalized spacial score (nSPS) is 20.2. The molecule has 0 amide bonds. The van der Waals surface area contributed by atoms with Gasteiger partial charge >= 0.3 is 5.69 Å². The number of nitrogens with zero attached hydrogens (tertiary/aromatic N) is 5. The summed E-state index contributed by atoms with van der Waals surface area (Å²) in [7, 11) is 0. The summed E-state index contributed by atoms with van der Waals surface area (Å²) in [5.74, 6) is -2.77. The van der Waals surface area contributed by atoms with Crippen molar-refractivity contribution in [2.45, 2.75) is 18.8 Å². The molecule has 2 fully saturated rings. The van der Waals surface area contributed by atoms with E-state index in [0.29, 0.717) is 24.2 Å². The van der Waals surface area contributed by atoms with Gasteiger partial charge in [0.2, 0.25) is 0 Å². The maximum absolute atomic E-state index is 14.4. The minimum atomic E-state index is -2.77. The van der Waals surface area contributed by atoms with Crippen LogP contribution in [-0.4, -0.2) is 48.8 Å². The minimum absolute atomic E-state index is 0.107. The molecule has 11 heteroatoms. The van der Waals surface area contributed by atoms with E-state index in [1.54, 1.807) is 4.90 Å². The standard InChI is InChI=1S/C15H13F2N7O2/c16-15(17)6-23(5-14(15)1-2-14)10-3-9(22-24-11(10)19-7-20-24)8-4-18-13(26)21-12(8)25/h3-4,7H,1-2,5-6H2,(H2,18,21,25,26). The monoisotopic (exact) mass is 361 g/mol. The van der Waals surface area contributed by atoms with Crippen molar-refractivity contribution >= 4 is 11.3 Å². The highest BCUT2D eigenvalue weighted by atomic mass is 19.3. The number of aromatic nitrogens is 6. The molecule has 1 saturated carbocycles. The summed E-state index contributed by atoms with van der Waals surface area (Å²) < 4.78 is 30.0. The second-order valence-electron chi connectivity index (χ2n) is 6.81. The Morgan fingerprint density at radius 3 is 2.69 bits per heavy atom. The number of aromatic amines is 2. The van der Waals surface area contributed by atoms with E-state index in [9.17, 15) is 18.4 Å². The van der Waals surface area contributed by atoms with E-state index in [4.69, 9.17) is 0 Å². The number of halogens is 2. The van der Waals surface area contributed by atoms with Crippen molar-refractivity contribution in [3.8, 4) is 11.3 Å². The molecule has 3 aromatic rings. The van der Waals surface area contributed by atoms with Crippen LogP contribution in [0.25, 0.3) is 16.9 Å². The van der Waals surface area contributed by atoms with E-state index in [1.807, 2.05) is 0 Å². The highest BCUT2D eigenvalue weighted by Crippen LogP contribution is 2.61. The van der Waals surface area contributed by atoms with Crippen LogP contribution >= 0.6 is 0 Å². The third-order valence-corrected chi connectivity index (χ3v) is 5.18. The van der Waals surface area contributed by atoms with Crippen LogP contribution < -0.4 is 16.1 Å². The Balaban J connectivity index is 1.67. The summed E-state index contributed by atoms with van der Waals surface area (Å²) in [4.78, 5) is 33.5. The lowest BCUT2D eigenvalue weighted by molar-refractivity contribution is -0.0334. The van der Waals surface area contributed by atoms with Crippen molar-refractivity contribution in [3.05, 3.63) is 39.4 Å². The molecule has 0 radical (unpaired) electrons. The van der Waals surface area contributed by atoms with Crippen LogP contribution in [0.1, 0.15) is 12.8 Å². The summed E-state index contributed by atoms with van der Waals surface area (Å²) in [5, 5.41) is 8.17. The number of H-pyrrole nitrogens is 2. The second kappa shape index (κ2) is 4.74. The van der Waals surface area contributed by atoms with Crippen molar-refractivity contribution in [3.63, 3.8) is 0 Å². The summed E-state index contributed by atoms with van der Waals surface area (Å²) in [6, 6.07) is 1.53. The first-order valence-electron chi connectivity index (χ1n) is 8.05. The summed E-state index contributed by atoms with van der Waals surface area (Å²) in [5.41, 5.74) is -1.16. The molecule has 2 N–H and O–H groups in total. The van der Waals surface area contributed by atoms with Gasteiger partial charge in [0.05, 0.1) is 23.2 Å². The third-order valence-electron chi connectivity index (χ3n) is 5.18. The highest BCUT2D eigenvalue weighted by molar-refractivity contribution is 5.74. The fourth-order valence-electron chi connectivity index (χ4n) is 3.56. The fraction of sp³-hybridized carbons (Fsp3) is 0.400. The zero-order valence-electron chi connectivity index (χ0n) is 13.4. The largest absolute Gasteiger partial charge is 0.362 e. The van der Waals surface area contributed by atoms with Gasteiger partial charge in [-0.15, -0.1) is 14.8 Å².